The molecule has 4 rings (SSSR count). The van der Waals surface area contributed by atoms with Crippen molar-refractivity contribution in [2.75, 3.05) is 0 Å². The van der Waals surface area contributed by atoms with E-state index in [1.807, 2.05) is 23.1 Å². The van der Waals surface area contributed by atoms with E-state index in [9.17, 15) is 0 Å². The lowest BCUT2D eigenvalue weighted by Gasteiger charge is -2.13. The number of fused-ring (bicyclic) bond motifs is 1. The number of nitrogens with zero attached hydrogens (tertiary/aromatic N) is 5. The predicted octanol–water partition coefficient (Wildman–Crippen LogP) is 3.38. The van der Waals surface area contributed by atoms with Gasteiger partial charge in [0.25, 0.3) is 0 Å². The Bertz CT molecular complexity index is 904. The van der Waals surface area contributed by atoms with E-state index in [1.165, 1.54) is 12.8 Å². The summed E-state index contributed by atoms with van der Waals surface area (Å²) in [6.45, 7) is 0. The van der Waals surface area contributed by atoms with Gasteiger partial charge in [0.2, 0.25) is 0 Å². The first kappa shape index (κ1) is 13.7. The van der Waals surface area contributed by atoms with Gasteiger partial charge in [-0.25, -0.2) is 14.6 Å². The highest BCUT2D eigenvalue weighted by Crippen LogP contribution is 2.34. The number of aromatic nitrogens is 5. The highest BCUT2D eigenvalue weighted by atomic mass is 15.3. The second-order valence-electron chi connectivity index (χ2n) is 5.82. The van der Waals surface area contributed by atoms with E-state index in [2.05, 4.69) is 26.1 Å². The Labute approximate surface area is 133 Å². The highest BCUT2D eigenvalue weighted by molar-refractivity contribution is 5.90. The SMILES string of the molecule is N#CC=C(C1CCCC1)n1cc(-c2ncnc3[nH]ccc23)cn1. The zero-order valence-corrected chi connectivity index (χ0v) is 12.6. The molecule has 0 amide bonds. The van der Waals surface area contributed by atoms with Gasteiger partial charge in [-0.3, -0.25) is 0 Å². The van der Waals surface area contributed by atoms with Crippen LogP contribution in [0.5, 0.6) is 0 Å². The van der Waals surface area contributed by atoms with E-state index in [0.29, 0.717) is 5.92 Å². The van der Waals surface area contributed by atoms with Gasteiger partial charge in [-0.05, 0) is 18.9 Å². The summed E-state index contributed by atoms with van der Waals surface area (Å²) in [5.74, 6) is 0.417. The fourth-order valence-electron chi connectivity index (χ4n) is 3.35. The van der Waals surface area contributed by atoms with Crippen molar-refractivity contribution in [3.05, 3.63) is 37.1 Å². The van der Waals surface area contributed by atoms with E-state index in [4.69, 9.17) is 5.26 Å². The Hall–Kier alpha value is -2.94. The summed E-state index contributed by atoms with van der Waals surface area (Å²) in [5, 5.41) is 14.5. The minimum atomic E-state index is 0.417. The third-order valence-corrected chi connectivity index (χ3v) is 4.46. The molecule has 3 heterocycles. The van der Waals surface area contributed by atoms with Crippen LogP contribution in [0.2, 0.25) is 0 Å². The van der Waals surface area contributed by atoms with Gasteiger partial charge in [0.15, 0.2) is 0 Å². The van der Waals surface area contributed by atoms with Gasteiger partial charge in [-0.1, -0.05) is 12.8 Å². The van der Waals surface area contributed by atoms with Crippen LogP contribution >= 0.6 is 0 Å². The second kappa shape index (κ2) is 5.69. The average Bonchev–Trinajstić information content (AvgIpc) is 3.32. The molecule has 0 radical (unpaired) electrons. The first-order valence-corrected chi connectivity index (χ1v) is 7.80. The molecule has 1 aliphatic rings. The molecular formula is C17H16N6. The standard InChI is InChI=1S/C17H16N6/c18-7-5-15(12-3-1-2-4-12)23-10-13(9-22-23)16-14-6-8-19-17(14)21-11-20-16/h5-6,8-12H,1-4H2,(H,19,20,21). The molecule has 6 nitrogen and oxygen atoms in total. The molecule has 1 N–H and O–H groups in total. The molecular weight excluding hydrogens is 288 g/mol. The Morgan fingerprint density at radius 3 is 3.04 bits per heavy atom. The molecule has 3 aromatic heterocycles. The van der Waals surface area contributed by atoms with E-state index in [0.717, 1.165) is 40.8 Å². The lowest BCUT2D eigenvalue weighted by Crippen LogP contribution is -2.06. The number of nitriles is 1. The molecule has 0 spiro atoms. The van der Waals surface area contributed by atoms with Crippen molar-refractivity contribution in [1.82, 2.24) is 24.7 Å². The van der Waals surface area contributed by atoms with Crippen LogP contribution in [-0.2, 0) is 0 Å². The molecule has 23 heavy (non-hydrogen) atoms. The van der Waals surface area contributed by atoms with Crippen LogP contribution in [0.15, 0.2) is 37.1 Å². The van der Waals surface area contributed by atoms with Crippen LogP contribution in [0.4, 0.5) is 0 Å². The van der Waals surface area contributed by atoms with Crippen LogP contribution in [0, 0.1) is 17.2 Å². The van der Waals surface area contributed by atoms with Gasteiger partial charge in [0.05, 0.1) is 23.7 Å². The molecule has 6 heteroatoms. The predicted molar refractivity (Wildman–Crippen MR) is 87.0 cm³/mol. The van der Waals surface area contributed by atoms with E-state index >= 15 is 0 Å². The van der Waals surface area contributed by atoms with Gasteiger partial charge in [0, 0.05) is 35.3 Å². The highest BCUT2D eigenvalue weighted by Gasteiger charge is 2.22. The molecule has 0 aromatic carbocycles. The number of hydrogen-bond donors (Lipinski definition) is 1. The number of allylic oxidation sites excluding steroid dienone is 2. The maximum Gasteiger partial charge on any atom is 0.141 e. The summed E-state index contributed by atoms with van der Waals surface area (Å²) in [5.41, 5.74) is 3.58. The smallest absolute Gasteiger partial charge is 0.141 e. The third kappa shape index (κ3) is 2.40. The summed E-state index contributed by atoms with van der Waals surface area (Å²) < 4.78 is 1.83. The summed E-state index contributed by atoms with van der Waals surface area (Å²) in [4.78, 5) is 11.7. The number of hydrogen-bond acceptors (Lipinski definition) is 4. The summed E-state index contributed by atoms with van der Waals surface area (Å²) in [6, 6.07) is 4.13. The van der Waals surface area contributed by atoms with Crippen molar-refractivity contribution in [1.29, 1.82) is 5.26 Å². The Kier molecular flexibility index (Phi) is 3.39. The van der Waals surface area contributed by atoms with Crippen molar-refractivity contribution < 1.29 is 0 Å². The summed E-state index contributed by atoms with van der Waals surface area (Å²) in [6.07, 6.45) is 13.5. The quantitative estimate of drug-likeness (QED) is 0.752. The summed E-state index contributed by atoms with van der Waals surface area (Å²) in [7, 11) is 0. The number of rotatable bonds is 3. The lowest BCUT2D eigenvalue weighted by molar-refractivity contribution is 0.649. The van der Waals surface area contributed by atoms with Crippen molar-refractivity contribution in [3.63, 3.8) is 0 Å². The van der Waals surface area contributed by atoms with E-state index < -0.39 is 0 Å². The van der Waals surface area contributed by atoms with Gasteiger partial charge < -0.3 is 4.98 Å². The zero-order valence-electron chi connectivity index (χ0n) is 12.6. The fraction of sp³-hybridized carbons (Fsp3) is 0.294. The number of aromatic amines is 1. The Balaban J connectivity index is 1.75. The molecule has 0 aliphatic heterocycles. The van der Waals surface area contributed by atoms with Crippen molar-refractivity contribution in [2.45, 2.75) is 25.7 Å². The Morgan fingerprint density at radius 2 is 2.22 bits per heavy atom. The van der Waals surface area contributed by atoms with Crippen molar-refractivity contribution >= 4 is 16.7 Å². The van der Waals surface area contributed by atoms with Crippen LogP contribution in [0.3, 0.4) is 0 Å². The molecule has 1 saturated carbocycles. The minimum Gasteiger partial charge on any atom is -0.346 e. The third-order valence-electron chi connectivity index (χ3n) is 4.46. The monoisotopic (exact) mass is 304 g/mol. The molecule has 114 valence electrons. The van der Waals surface area contributed by atoms with Crippen LogP contribution < -0.4 is 0 Å². The van der Waals surface area contributed by atoms with Crippen LogP contribution in [-0.4, -0.2) is 24.7 Å². The van der Waals surface area contributed by atoms with Gasteiger partial charge in [0.1, 0.15) is 12.0 Å². The first-order chi connectivity index (χ1) is 11.4. The zero-order chi connectivity index (χ0) is 15.6. The van der Waals surface area contributed by atoms with Gasteiger partial charge in [-0.2, -0.15) is 10.4 Å². The fourth-order valence-corrected chi connectivity index (χ4v) is 3.35. The Morgan fingerprint density at radius 1 is 1.35 bits per heavy atom. The maximum absolute atomic E-state index is 9.10. The molecule has 1 aliphatic carbocycles. The molecule has 0 saturated heterocycles. The van der Waals surface area contributed by atoms with Crippen molar-refractivity contribution in [3.8, 4) is 17.3 Å². The number of H-pyrrole nitrogens is 1. The van der Waals surface area contributed by atoms with Gasteiger partial charge in [-0.15, -0.1) is 0 Å². The van der Waals surface area contributed by atoms with Crippen LogP contribution in [0.1, 0.15) is 25.7 Å². The van der Waals surface area contributed by atoms with Gasteiger partial charge >= 0.3 is 0 Å². The second-order valence-corrected chi connectivity index (χ2v) is 5.82. The van der Waals surface area contributed by atoms with E-state index in [1.54, 1.807) is 18.6 Å². The van der Waals surface area contributed by atoms with E-state index in [-0.39, 0.29) is 0 Å². The normalized spacial score (nSPS) is 16.0. The molecule has 0 atom stereocenters. The maximum atomic E-state index is 9.10. The molecule has 0 bridgehead atoms. The summed E-state index contributed by atoms with van der Waals surface area (Å²) >= 11 is 0. The lowest BCUT2D eigenvalue weighted by atomic mass is 10.0. The molecule has 0 unspecified atom stereocenters. The number of nitrogens with one attached hydrogen (secondary N) is 1. The minimum absolute atomic E-state index is 0.417. The topological polar surface area (TPSA) is 83.2 Å². The largest absolute Gasteiger partial charge is 0.346 e. The van der Waals surface area contributed by atoms with Crippen LogP contribution in [0.25, 0.3) is 28.0 Å². The molecule has 1 fully saturated rings. The first-order valence-electron chi connectivity index (χ1n) is 7.80. The van der Waals surface area contributed by atoms with Crippen molar-refractivity contribution in [2.24, 2.45) is 5.92 Å². The average molecular weight is 304 g/mol. The molecule has 3 aromatic rings.